The summed E-state index contributed by atoms with van der Waals surface area (Å²) in [5, 5.41) is 34.6. The number of carbonyl (C=O) groups is 3. The highest BCUT2D eigenvalue weighted by Gasteiger charge is 2.48. The average molecular weight is 714 g/mol. The minimum Gasteiger partial charge on any atom is -0.492 e. The maximum atomic E-state index is 13.6. The number of aliphatic hydroxyl groups is 3. The molecule has 52 heavy (non-hydrogen) atoms. The number of Topliss-reactive ketones (excluding diaryl/α,β-unsaturated/α-hetero) is 1. The molecule has 3 aliphatic heterocycles. The molecular weight excluding hydrogens is 666 g/mol. The van der Waals surface area contributed by atoms with Crippen LogP contribution in [-0.2, 0) is 32.1 Å². The van der Waals surface area contributed by atoms with Gasteiger partial charge in [0.15, 0.2) is 6.29 Å². The van der Waals surface area contributed by atoms with E-state index >= 15 is 0 Å². The summed E-state index contributed by atoms with van der Waals surface area (Å²) in [5.74, 6) is -0.860. The Balaban J connectivity index is 1.43. The molecule has 2 aromatic rings. The first-order valence-corrected chi connectivity index (χ1v) is 18.6. The van der Waals surface area contributed by atoms with Crippen LogP contribution >= 0.6 is 0 Å². The van der Waals surface area contributed by atoms with Gasteiger partial charge in [-0.05, 0) is 68.4 Å². The molecule has 7 rings (SSSR count). The zero-order valence-corrected chi connectivity index (χ0v) is 29.9. The van der Waals surface area contributed by atoms with E-state index in [2.05, 4.69) is 4.99 Å². The Morgan fingerprint density at radius 3 is 2.65 bits per heavy atom. The van der Waals surface area contributed by atoms with Crippen molar-refractivity contribution in [2.45, 2.75) is 102 Å². The molecule has 0 saturated heterocycles. The van der Waals surface area contributed by atoms with E-state index in [1.54, 1.807) is 6.92 Å². The highest BCUT2D eigenvalue weighted by Crippen LogP contribution is 2.57. The lowest BCUT2D eigenvalue weighted by atomic mass is 9.74. The Hall–Kier alpha value is -4.32. The number of nitrogens with zero attached hydrogens (tertiary/aromatic N) is 1. The molecule has 3 N–H and O–H groups in total. The molecule has 0 aromatic heterocycles. The van der Waals surface area contributed by atoms with Gasteiger partial charge in [0.1, 0.15) is 34.7 Å². The van der Waals surface area contributed by atoms with Crippen molar-refractivity contribution in [1.29, 1.82) is 0 Å². The van der Waals surface area contributed by atoms with Crippen LogP contribution in [0.3, 0.4) is 0 Å². The van der Waals surface area contributed by atoms with E-state index in [1.165, 1.54) is 0 Å². The van der Waals surface area contributed by atoms with E-state index in [-0.39, 0.29) is 73.4 Å². The predicted octanol–water partition coefficient (Wildman–Crippen LogP) is 3.69. The Morgan fingerprint density at radius 1 is 1.12 bits per heavy atom. The Kier molecular flexibility index (Phi) is 10.4. The number of hydrogen-bond acceptors (Lipinski definition) is 11. The number of rotatable bonds is 11. The normalized spacial score (nSPS) is 23.7. The lowest BCUT2D eigenvalue weighted by Crippen LogP contribution is -2.49. The van der Waals surface area contributed by atoms with E-state index in [0.717, 1.165) is 53.8 Å². The highest BCUT2D eigenvalue weighted by molar-refractivity contribution is 6.11. The Labute approximate surface area is 302 Å². The zero-order valence-electron chi connectivity index (χ0n) is 29.9. The van der Waals surface area contributed by atoms with Crippen LogP contribution < -0.4 is 24.8 Å². The number of allylic oxidation sites excluding steroid dienone is 3. The minimum absolute atomic E-state index is 0.0152. The van der Waals surface area contributed by atoms with E-state index in [9.17, 15) is 29.7 Å². The van der Waals surface area contributed by atoms with Gasteiger partial charge in [-0.1, -0.05) is 37.0 Å². The highest BCUT2D eigenvalue weighted by atomic mass is 16.6. The molecule has 0 spiro atoms. The third-order valence-electron chi connectivity index (χ3n) is 11.4. The van der Waals surface area contributed by atoms with Gasteiger partial charge in [-0.3, -0.25) is 14.6 Å². The van der Waals surface area contributed by atoms with E-state index in [0.29, 0.717) is 53.9 Å². The first kappa shape index (κ1) is 36.1. The van der Waals surface area contributed by atoms with Crippen LogP contribution in [0.5, 0.6) is 17.2 Å². The maximum Gasteiger partial charge on any atom is 0.375 e. The number of benzene rings is 2. The topological polar surface area (TPSA) is 161 Å². The van der Waals surface area contributed by atoms with E-state index in [1.807, 2.05) is 31.2 Å². The van der Waals surface area contributed by atoms with Crippen LogP contribution in [0, 0.1) is 5.92 Å². The number of hydrogen-bond donors (Lipinski definition) is 3. The molecule has 3 atom stereocenters. The quantitative estimate of drug-likeness (QED) is 0.178. The molecule has 11 heteroatoms. The predicted molar refractivity (Wildman–Crippen MR) is 190 cm³/mol. The number of carbonyl (C=O) groups excluding carboxylic acids is 3. The fraction of sp³-hybridized carbons (Fsp3) is 0.512. The number of ether oxygens (including phenoxy) is 4. The molecule has 2 saturated carbocycles. The summed E-state index contributed by atoms with van der Waals surface area (Å²) in [6.45, 7) is 3.53. The van der Waals surface area contributed by atoms with Crippen molar-refractivity contribution < 1.29 is 48.7 Å². The van der Waals surface area contributed by atoms with E-state index < -0.39 is 30.2 Å². The van der Waals surface area contributed by atoms with Crippen molar-refractivity contribution in [2.75, 3.05) is 26.4 Å². The van der Waals surface area contributed by atoms with Crippen LogP contribution in [0.25, 0.3) is 11.6 Å². The number of ketones is 1. The number of esters is 1. The van der Waals surface area contributed by atoms with Crippen molar-refractivity contribution in [3.05, 3.63) is 67.9 Å². The fourth-order valence-electron chi connectivity index (χ4n) is 8.66. The van der Waals surface area contributed by atoms with Crippen molar-refractivity contribution >= 4 is 29.7 Å². The van der Waals surface area contributed by atoms with Crippen molar-refractivity contribution in [3.63, 3.8) is 0 Å². The van der Waals surface area contributed by atoms with Crippen LogP contribution in [0.15, 0.2) is 40.1 Å². The Bertz CT molecular complexity index is 1970. The first-order valence-electron chi connectivity index (χ1n) is 18.6. The van der Waals surface area contributed by atoms with Crippen molar-refractivity contribution in [1.82, 2.24) is 0 Å². The summed E-state index contributed by atoms with van der Waals surface area (Å²) in [4.78, 5) is 44.7. The van der Waals surface area contributed by atoms with Gasteiger partial charge in [0.25, 0.3) is 0 Å². The maximum absolute atomic E-state index is 13.6. The second-order valence-electron chi connectivity index (χ2n) is 14.5. The monoisotopic (exact) mass is 713 g/mol. The van der Waals surface area contributed by atoms with Crippen molar-refractivity contribution in [3.8, 4) is 17.2 Å². The third kappa shape index (κ3) is 6.37. The molecule has 3 heterocycles. The standard InChI is InChI=1S/C41H47NO10/c1-3-49-40(47)39-29(21-44)34(25-11-13-32(46)27(19-25)23-10-12-31-24(18-23)14-15-42-31)35-37(50-17-7-16-43)28-20-33(41(2,48)26-8-5-4-6-9-26)51-36(28)30(22-45)38(35)52-39/h10,12,14,18,21,26-27,33,43,45,48H,3-9,11,13,15-17,19-20,22H2,1-2H3. The molecule has 2 aromatic carbocycles. The number of aldehydes is 1. The summed E-state index contributed by atoms with van der Waals surface area (Å²) in [5.41, 5.74) is 2.01. The molecule has 2 fully saturated rings. The summed E-state index contributed by atoms with van der Waals surface area (Å²) >= 11 is 0. The molecule has 5 aliphatic rings. The van der Waals surface area contributed by atoms with Gasteiger partial charge in [-0.25, -0.2) is 4.79 Å². The summed E-state index contributed by atoms with van der Waals surface area (Å²) < 4.78 is 24.7. The molecule has 0 bridgehead atoms. The van der Waals surface area contributed by atoms with Crippen LogP contribution in [0.1, 0.15) is 99.8 Å². The molecule has 11 nitrogen and oxygen atoms in total. The van der Waals surface area contributed by atoms with Gasteiger partial charge in [0, 0.05) is 42.9 Å². The van der Waals surface area contributed by atoms with Gasteiger partial charge in [-0.2, -0.15) is 0 Å². The molecule has 276 valence electrons. The second kappa shape index (κ2) is 15.0. The van der Waals surface area contributed by atoms with Crippen LogP contribution in [0.2, 0.25) is 0 Å². The van der Waals surface area contributed by atoms with Gasteiger partial charge >= 0.3 is 5.97 Å². The summed E-state index contributed by atoms with van der Waals surface area (Å²) in [6, 6.07) is 5.84. The fourth-order valence-corrected chi connectivity index (χ4v) is 8.66. The molecule has 0 radical (unpaired) electrons. The second-order valence-corrected chi connectivity index (χ2v) is 14.5. The summed E-state index contributed by atoms with van der Waals surface area (Å²) in [6.07, 6.45) is 8.22. The zero-order chi connectivity index (χ0) is 36.6. The van der Waals surface area contributed by atoms with Gasteiger partial charge < -0.3 is 34.3 Å². The molecule has 0 amide bonds. The van der Waals surface area contributed by atoms with Crippen LogP contribution in [-0.4, -0.2) is 71.4 Å². The van der Waals surface area contributed by atoms with Gasteiger partial charge in [0.2, 0.25) is 5.76 Å². The first-order chi connectivity index (χ1) is 25.2. The lowest BCUT2D eigenvalue weighted by molar-refractivity contribution is -0.141. The number of fused-ring (bicyclic) bond motifs is 3. The Morgan fingerprint density at radius 2 is 1.92 bits per heavy atom. The smallest absolute Gasteiger partial charge is 0.375 e. The molecule has 3 unspecified atom stereocenters. The largest absolute Gasteiger partial charge is 0.492 e. The SMILES string of the molecule is CCOC(=O)C1=C(C=O)C(=C2CCC(=O)C(c3ccc4c(c3)=CCN=4)C2)c2c(OCCCO)c3c(c(CO)c2O1)OC(C(C)(O)C1CCCCC1)C3. The van der Waals surface area contributed by atoms with E-state index in [4.69, 9.17) is 18.9 Å². The third-order valence-corrected chi connectivity index (χ3v) is 11.4. The summed E-state index contributed by atoms with van der Waals surface area (Å²) in [7, 11) is 0. The van der Waals surface area contributed by atoms with Gasteiger partial charge in [0.05, 0.1) is 48.4 Å². The lowest BCUT2D eigenvalue weighted by Gasteiger charge is -2.39. The van der Waals surface area contributed by atoms with Gasteiger partial charge in [-0.15, -0.1) is 0 Å². The van der Waals surface area contributed by atoms with Crippen LogP contribution in [0.4, 0.5) is 0 Å². The van der Waals surface area contributed by atoms with Crippen molar-refractivity contribution in [2.24, 2.45) is 10.9 Å². The molecule has 2 aliphatic carbocycles. The number of aliphatic hydroxyl groups excluding tert-OH is 2. The average Bonchev–Trinajstić information content (AvgIpc) is 3.83. The minimum atomic E-state index is -1.20. The molecular formula is C41H47NO10.